The van der Waals surface area contributed by atoms with E-state index in [1.807, 2.05) is 30.3 Å². The Morgan fingerprint density at radius 1 is 1.00 bits per heavy atom. The van der Waals surface area contributed by atoms with Gasteiger partial charge in [0.1, 0.15) is 12.4 Å². The van der Waals surface area contributed by atoms with Crippen LogP contribution in [0.25, 0.3) is 0 Å². The molecule has 0 unspecified atom stereocenters. The summed E-state index contributed by atoms with van der Waals surface area (Å²) in [6.07, 6.45) is 10.6. The van der Waals surface area contributed by atoms with Gasteiger partial charge in [-0.3, -0.25) is 9.59 Å². The fraction of sp³-hybridized carbons (Fsp3) is 0.757. The Bertz CT molecular complexity index is 1150. The number of nitrogens with one attached hydrogen (secondary N) is 2. The van der Waals surface area contributed by atoms with Gasteiger partial charge in [0, 0.05) is 19.4 Å². The fourth-order valence-corrected chi connectivity index (χ4v) is 8.01. The minimum absolute atomic E-state index is 0.0150. The number of Topliss-reactive ketones (excluding diaryl/α,β-unsaturated/α-hetero) is 1. The van der Waals surface area contributed by atoms with Crippen molar-refractivity contribution in [1.29, 1.82) is 0 Å². The van der Waals surface area contributed by atoms with E-state index >= 15 is 0 Å². The minimum atomic E-state index is -0.720. The first-order chi connectivity index (χ1) is 21.9. The molecule has 1 aliphatic heterocycles. The first-order valence-corrected chi connectivity index (χ1v) is 18.0. The van der Waals surface area contributed by atoms with Gasteiger partial charge >= 0.3 is 13.2 Å². The summed E-state index contributed by atoms with van der Waals surface area (Å²) in [5.74, 6) is 0.0496. The smallest absolute Gasteiger partial charge is 0.445 e. The number of ketones is 1. The molecule has 0 radical (unpaired) electrons. The molecule has 1 aromatic rings. The molecule has 6 atom stereocenters. The molecule has 2 amide bonds. The second kappa shape index (κ2) is 16.6. The standard InChI is InChI=1S/C37H59BN2O6/c1-7-8-9-10-11-12-16-19-30(41)21-28(24-39-35(43)44-25-27-17-14-13-15-18-27)34(42)40-33(20-26(2)3)38-45-32-23-29-22-31(36(29,4)5)37(32,6)46-38/h13-15,17-18,26,28-29,31-33H,7-12,16,19-25H2,1-6H3,(H,39,43)(H,40,42)/t28-,29-,31-,32+,33-,37-/m0/s1. The molecule has 1 heterocycles. The molecule has 1 aromatic carbocycles. The number of alkyl carbamates (subject to hydrolysis) is 1. The van der Waals surface area contributed by atoms with Crippen LogP contribution in [-0.4, -0.2) is 49.1 Å². The summed E-state index contributed by atoms with van der Waals surface area (Å²) in [5.41, 5.74) is 0.723. The van der Waals surface area contributed by atoms with Gasteiger partial charge in [0.15, 0.2) is 0 Å². The van der Waals surface area contributed by atoms with Gasteiger partial charge in [-0.2, -0.15) is 0 Å². The highest BCUT2D eigenvalue weighted by Gasteiger charge is 2.68. The predicted molar refractivity (Wildman–Crippen MR) is 182 cm³/mol. The molecule has 4 aliphatic rings. The van der Waals surface area contributed by atoms with Crippen LogP contribution < -0.4 is 10.6 Å². The van der Waals surface area contributed by atoms with Crippen LogP contribution in [0.1, 0.15) is 124 Å². The first kappa shape index (κ1) is 36.5. The monoisotopic (exact) mass is 638 g/mol. The largest absolute Gasteiger partial charge is 0.481 e. The van der Waals surface area contributed by atoms with Crippen LogP contribution in [0, 0.1) is 29.1 Å². The zero-order chi connectivity index (χ0) is 33.3. The molecule has 8 nitrogen and oxygen atoms in total. The number of hydrogen-bond acceptors (Lipinski definition) is 6. The average Bonchev–Trinajstić information content (AvgIpc) is 3.38. The van der Waals surface area contributed by atoms with Gasteiger partial charge in [0.05, 0.1) is 23.6 Å². The Hall–Kier alpha value is -2.39. The summed E-state index contributed by atoms with van der Waals surface area (Å²) in [6.45, 7) is 13.5. The summed E-state index contributed by atoms with van der Waals surface area (Å²) in [7, 11) is -0.552. The topological polar surface area (TPSA) is 103 Å². The summed E-state index contributed by atoms with van der Waals surface area (Å²) in [5, 5.41) is 5.97. The van der Waals surface area contributed by atoms with Crippen LogP contribution in [-0.2, 0) is 30.2 Å². The number of hydrogen-bond donors (Lipinski definition) is 2. The molecule has 2 bridgehead atoms. The second-order valence-corrected chi connectivity index (χ2v) is 15.3. The Labute approximate surface area is 278 Å². The van der Waals surface area contributed by atoms with Crippen molar-refractivity contribution in [2.75, 3.05) is 6.54 Å². The summed E-state index contributed by atoms with van der Waals surface area (Å²) >= 11 is 0. The Balaban J connectivity index is 1.37. The third-order valence-electron chi connectivity index (χ3n) is 11.0. The highest BCUT2D eigenvalue weighted by molar-refractivity contribution is 6.47. The third kappa shape index (κ3) is 9.37. The second-order valence-electron chi connectivity index (χ2n) is 15.3. The Morgan fingerprint density at radius 3 is 2.37 bits per heavy atom. The van der Waals surface area contributed by atoms with Gasteiger partial charge in [-0.25, -0.2) is 4.79 Å². The van der Waals surface area contributed by atoms with E-state index in [2.05, 4.69) is 52.2 Å². The molecule has 2 N–H and O–H groups in total. The van der Waals surface area contributed by atoms with Crippen molar-refractivity contribution < 1.29 is 28.4 Å². The molecule has 3 aliphatic carbocycles. The van der Waals surface area contributed by atoms with Crippen LogP contribution in [0.5, 0.6) is 0 Å². The SMILES string of the molecule is CCCCCCCCCC(=O)C[C@@H](CNC(=O)OCc1ccccc1)C(=O)N[C@@H](CC(C)C)B1O[C@@H]2C[C@@H]3C[C@@H](C3(C)C)[C@]2(C)O1. The van der Waals surface area contributed by atoms with Gasteiger partial charge in [-0.15, -0.1) is 0 Å². The lowest BCUT2D eigenvalue weighted by molar-refractivity contribution is -0.199. The van der Waals surface area contributed by atoms with E-state index in [1.165, 1.54) is 25.7 Å². The predicted octanol–water partition coefficient (Wildman–Crippen LogP) is 7.43. The van der Waals surface area contributed by atoms with Gasteiger partial charge < -0.3 is 24.7 Å². The van der Waals surface area contributed by atoms with Crippen molar-refractivity contribution in [2.45, 2.75) is 143 Å². The van der Waals surface area contributed by atoms with Gasteiger partial charge in [-0.05, 0) is 61.3 Å². The van der Waals surface area contributed by atoms with E-state index in [0.717, 1.165) is 37.7 Å². The van der Waals surface area contributed by atoms with E-state index in [0.29, 0.717) is 30.6 Å². The average molecular weight is 639 g/mol. The van der Waals surface area contributed by atoms with Crippen LogP contribution in [0.15, 0.2) is 30.3 Å². The molecule has 3 saturated carbocycles. The minimum Gasteiger partial charge on any atom is -0.445 e. The molecule has 5 rings (SSSR count). The number of ether oxygens (including phenoxy) is 1. The van der Waals surface area contributed by atoms with Crippen molar-refractivity contribution >= 4 is 24.9 Å². The maximum absolute atomic E-state index is 13.9. The van der Waals surface area contributed by atoms with E-state index in [9.17, 15) is 14.4 Å². The van der Waals surface area contributed by atoms with E-state index < -0.39 is 19.1 Å². The van der Waals surface area contributed by atoms with Crippen LogP contribution >= 0.6 is 0 Å². The maximum Gasteiger partial charge on any atom is 0.481 e. The Kier molecular flexibility index (Phi) is 13.2. The first-order valence-electron chi connectivity index (χ1n) is 18.0. The number of amides is 2. The molecule has 256 valence electrons. The summed E-state index contributed by atoms with van der Waals surface area (Å²) < 4.78 is 18.7. The van der Waals surface area contributed by atoms with Crippen LogP contribution in [0.4, 0.5) is 4.79 Å². The van der Waals surface area contributed by atoms with Crippen molar-refractivity contribution in [3.05, 3.63) is 35.9 Å². The number of unbranched alkanes of at least 4 members (excludes halogenated alkanes) is 6. The Morgan fingerprint density at radius 2 is 1.70 bits per heavy atom. The van der Waals surface area contributed by atoms with E-state index in [4.69, 9.17) is 14.0 Å². The van der Waals surface area contributed by atoms with Crippen LogP contribution in [0.3, 0.4) is 0 Å². The normalized spacial score (nSPS) is 25.7. The molecule has 0 spiro atoms. The van der Waals surface area contributed by atoms with Crippen molar-refractivity contribution in [3.63, 3.8) is 0 Å². The molecular formula is C37H59BN2O6. The lowest BCUT2D eigenvalue weighted by atomic mass is 9.43. The lowest BCUT2D eigenvalue weighted by Gasteiger charge is -2.64. The highest BCUT2D eigenvalue weighted by Crippen LogP contribution is 2.65. The van der Waals surface area contributed by atoms with Gasteiger partial charge in [-0.1, -0.05) is 103 Å². The van der Waals surface area contributed by atoms with E-state index in [-0.39, 0.29) is 54.3 Å². The maximum atomic E-state index is 13.9. The fourth-order valence-electron chi connectivity index (χ4n) is 8.01. The number of carbonyl (C=O) groups excluding carboxylic acids is 3. The van der Waals surface area contributed by atoms with E-state index in [1.54, 1.807) is 0 Å². The van der Waals surface area contributed by atoms with Gasteiger partial charge in [0.2, 0.25) is 5.91 Å². The highest BCUT2D eigenvalue weighted by atomic mass is 16.7. The summed E-state index contributed by atoms with van der Waals surface area (Å²) in [6, 6.07) is 9.45. The number of carbonyl (C=O) groups is 3. The molecule has 4 fully saturated rings. The lowest BCUT2D eigenvalue weighted by Crippen LogP contribution is -2.65. The zero-order valence-corrected chi connectivity index (χ0v) is 29.3. The molecule has 0 aromatic heterocycles. The number of rotatable bonds is 19. The van der Waals surface area contributed by atoms with Crippen molar-refractivity contribution in [1.82, 2.24) is 10.6 Å². The summed E-state index contributed by atoms with van der Waals surface area (Å²) in [4.78, 5) is 39.6. The van der Waals surface area contributed by atoms with Crippen LogP contribution in [0.2, 0.25) is 0 Å². The van der Waals surface area contributed by atoms with Crippen molar-refractivity contribution in [2.24, 2.45) is 29.1 Å². The molecule has 1 saturated heterocycles. The van der Waals surface area contributed by atoms with Crippen molar-refractivity contribution in [3.8, 4) is 0 Å². The van der Waals surface area contributed by atoms with Gasteiger partial charge in [0.25, 0.3) is 0 Å². The third-order valence-corrected chi connectivity index (χ3v) is 11.0. The molecule has 9 heteroatoms. The molecular weight excluding hydrogens is 579 g/mol. The zero-order valence-electron chi connectivity index (χ0n) is 29.3. The molecule has 46 heavy (non-hydrogen) atoms. The quantitative estimate of drug-likeness (QED) is 0.121. The number of benzene rings is 1.